The summed E-state index contributed by atoms with van der Waals surface area (Å²) >= 11 is 0. The molecule has 0 spiro atoms. The van der Waals surface area contributed by atoms with Crippen molar-refractivity contribution >= 4 is 15.7 Å². The number of phenolic OH excluding ortho intramolecular Hbond substituents is 2. The van der Waals surface area contributed by atoms with Gasteiger partial charge in [0.2, 0.25) is 0 Å². The van der Waals surface area contributed by atoms with E-state index in [1.165, 1.54) is 16.4 Å². The predicted molar refractivity (Wildman–Crippen MR) is 94.5 cm³/mol. The number of nitrogens with zero attached hydrogens (tertiary/aromatic N) is 1. The van der Waals surface area contributed by atoms with E-state index in [2.05, 4.69) is 0 Å². The number of anilines is 1. The smallest absolute Gasteiger partial charge is 0.264 e. The largest absolute Gasteiger partial charge is 0.508 e. The third kappa shape index (κ3) is 3.17. The summed E-state index contributed by atoms with van der Waals surface area (Å²) in [5, 5.41) is 29.4. The highest BCUT2D eigenvalue weighted by Crippen LogP contribution is 2.46. The van der Waals surface area contributed by atoms with E-state index in [1.54, 1.807) is 24.3 Å². The fourth-order valence-electron chi connectivity index (χ4n) is 3.30. The highest BCUT2D eigenvalue weighted by Gasteiger charge is 2.35. The molecule has 2 aromatic carbocycles. The number of rotatable bonds is 4. The summed E-state index contributed by atoms with van der Waals surface area (Å²) < 4.78 is 27.3. The lowest BCUT2D eigenvalue weighted by Gasteiger charge is -2.35. The SMILES string of the molecule is Cc1ccc(S(=O)(=O)N2CC[C@@H](CCO)c3c(O)cc(O)cc32)cc1. The number of benzene rings is 2. The maximum Gasteiger partial charge on any atom is 0.264 e. The van der Waals surface area contributed by atoms with Crippen molar-refractivity contribution in [1.29, 1.82) is 0 Å². The first-order valence-corrected chi connectivity index (χ1v) is 9.54. The lowest BCUT2D eigenvalue weighted by molar-refractivity contribution is 0.271. The minimum absolute atomic E-state index is 0.0604. The zero-order valence-electron chi connectivity index (χ0n) is 13.9. The van der Waals surface area contributed by atoms with Gasteiger partial charge in [-0.05, 0) is 37.8 Å². The van der Waals surface area contributed by atoms with E-state index in [0.29, 0.717) is 18.4 Å². The van der Waals surface area contributed by atoms with E-state index >= 15 is 0 Å². The molecule has 0 radical (unpaired) electrons. The predicted octanol–water partition coefficient (Wildman–Crippen LogP) is 2.47. The van der Waals surface area contributed by atoms with Crippen LogP contribution >= 0.6 is 0 Å². The van der Waals surface area contributed by atoms with Crippen molar-refractivity contribution in [2.24, 2.45) is 0 Å². The van der Waals surface area contributed by atoms with Crippen LogP contribution in [0.15, 0.2) is 41.3 Å². The number of hydrogen-bond acceptors (Lipinski definition) is 5. The first kappa shape index (κ1) is 17.6. The Morgan fingerprint density at radius 1 is 1.16 bits per heavy atom. The second-order valence-electron chi connectivity index (χ2n) is 6.29. The number of fused-ring (bicyclic) bond motifs is 1. The molecule has 134 valence electrons. The number of aryl methyl sites for hydroxylation is 1. The Kier molecular flexibility index (Phi) is 4.62. The Bertz CT molecular complexity index is 877. The summed E-state index contributed by atoms with van der Waals surface area (Å²) in [6.07, 6.45) is 0.904. The molecule has 0 unspecified atom stereocenters. The van der Waals surface area contributed by atoms with Gasteiger partial charge in [-0.25, -0.2) is 8.42 Å². The summed E-state index contributed by atoms with van der Waals surface area (Å²) in [6, 6.07) is 9.10. The van der Waals surface area contributed by atoms with Gasteiger partial charge in [0.1, 0.15) is 11.5 Å². The number of sulfonamides is 1. The minimum atomic E-state index is -3.82. The van der Waals surface area contributed by atoms with Crippen molar-refractivity contribution < 1.29 is 23.7 Å². The Morgan fingerprint density at radius 3 is 2.48 bits per heavy atom. The number of phenols is 2. The molecule has 0 saturated heterocycles. The van der Waals surface area contributed by atoms with E-state index in [1.807, 2.05) is 6.92 Å². The third-order valence-corrected chi connectivity index (χ3v) is 6.39. The maximum atomic E-state index is 13.1. The molecule has 6 nitrogen and oxygen atoms in total. The molecule has 0 amide bonds. The average Bonchev–Trinajstić information content (AvgIpc) is 2.54. The van der Waals surface area contributed by atoms with Crippen LogP contribution in [0.5, 0.6) is 11.5 Å². The van der Waals surface area contributed by atoms with Gasteiger partial charge in [-0.15, -0.1) is 0 Å². The molecule has 25 heavy (non-hydrogen) atoms. The number of aliphatic hydroxyl groups excluding tert-OH is 1. The van der Waals surface area contributed by atoms with E-state index < -0.39 is 10.0 Å². The molecular formula is C18H21NO5S. The monoisotopic (exact) mass is 363 g/mol. The average molecular weight is 363 g/mol. The lowest BCUT2D eigenvalue weighted by Crippen LogP contribution is -2.37. The van der Waals surface area contributed by atoms with Gasteiger partial charge >= 0.3 is 0 Å². The summed E-state index contributed by atoms with van der Waals surface area (Å²) in [5.41, 5.74) is 1.67. The van der Waals surface area contributed by atoms with E-state index in [4.69, 9.17) is 0 Å². The zero-order valence-corrected chi connectivity index (χ0v) is 14.7. The van der Waals surface area contributed by atoms with Crippen molar-refractivity contribution in [2.45, 2.75) is 30.6 Å². The molecule has 3 N–H and O–H groups in total. The third-order valence-electron chi connectivity index (χ3n) is 4.57. The normalized spacial score (nSPS) is 17.4. The number of aromatic hydroxyl groups is 2. The van der Waals surface area contributed by atoms with Crippen LogP contribution in [0, 0.1) is 6.92 Å². The topological polar surface area (TPSA) is 98.1 Å². The first-order valence-electron chi connectivity index (χ1n) is 8.10. The van der Waals surface area contributed by atoms with Crippen molar-refractivity contribution in [2.75, 3.05) is 17.5 Å². The Hall–Kier alpha value is -2.25. The Balaban J connectivity index is 2.12. The van der Waals surface area contributed by atoms with Gasteiger partial charge < -0.3 is 15.3 Å². The minimum Gasteiger partial charge on any atom is -0.508 e. The van der Waals surface area contributed by atoms with Crippen LogP contribution < -0.4 is 4.31 Å². The van der Waals surface area contributed by atoms with E-state index in [9.17, 15) is 23.7 Å². The zero-order chi connectivity index (χ0) is 18.2. The standard InChI is InChI=1S/C18H21NO5S/c1-12-2-4-15(5-3-12)25(23,24)19-8-6-13(7-9-20)18-16(19)10-14(21)11-17(18)22/h2-5,10-11,13,20-22H,6-9H2,1H3/t13-/m0/s1. The quantitative estimate of drug-likeness (QED) is 0.775. The molecular weight excluding hydrogens is 342 g/mol. The van der Waals surface area contributed by atoms with Crippen LogP contribution in [0.1, 0.15) is 29.9 Å². The fourth-order valence-corrected chi connectivity index (χ4v) is 4.79. The first-order chi connectivity index (χ1) is 11.8. The van der Waals surface area contributed by atoms with Gasteiger partial charge in [-0.2, -0.15) is 0 Å². The van der Waals surface area contributed by atoms with Crippen LogP contribution in [-0.2, 0) is 10.0 Å². The van der Waals surface area contributed by atoms with E-state index in [-0.39, 0.29) is 41.2 Å². The molecule has 2 aromatic rings. The molecule has 7 heteroatoms. The Morgan fingerprint density at radius 2 is 1.84 bits per heavy atom. The Labute approximate surface area is 147 Å². The number of hydrogen-bond donors (Lipinski definition) is 3. The van der Waals surface area contributed by atoms with Crippen molar-refractivity contribution in [3.63, 3.8) is 0 Å². The van der Waals surface area contributed by atoms with Crippen molar-refractivity contribution in [3.05, 3.63) is 47.5 Å². The van der Waals surface area contributed by atoms with Gasteiger partial charge in [0.05, 0.1) is 10.6 Å². The summed E-state index contributed by atoms with van der Waals surface area (Å²) in [4.78, 5) is 0.160. The summed E-state index contributed by atoms with van der Waals surface area (Å²) in [6.45, 7) is 2.04. The fraction of sp³-hybridized carbons (Fsp3) is 0.333. The van der Waals surface area contributed by atoms with Crippen LogP contribution in [-0.4, -0.2) is 36.9 Å². The molecule has 3 rings (SSSR count). The van der Waals surface area contributed by atoms with Gasteiger partial charge in [-0.3, -0.25) is 4.31 Å². The van der Waals surface area contributed by atoms with Crippen LogP contribution in [0.25, 0.3) is 0 Å². The molecule has 0 fully saturated rings. The van der Waals surface area contributed by atoms with Gasteiger partial charge in [0, 0.05) is 30.8 Å². The second-order valence-corrected chi connectivity index (χ2v) is 8.15. The molecule has 0 bridgehead atoms. The van der Waals surface area contributed by atoms with Gasteiger partial charge in [0.25, 0.3) is 10.0 Å². The van der Waals surface area contributed by atoms with Crippen molar-refractivity contribution in [1.82, 2.24) is 0 Å². The maximum absolute atomic E-state index is 13.1. The second kappa shape index (κ2) is 6.57. The molecule has 0 aromatic heterocycles. The van der Waals surface area contributed by atoms with E-state index in [0.717, 1.165) is 5.56 Å². The van der Waals surface area contributed by atoms with Crippen LogP contribution in [0.3, 0.4) is 0 Å². The molecule has 1 atom stereocenters. The molecule has 1 aliphatic heterocycles. The lowest BCUT2D eigenvalue weighted by atomic mass is 9.88. The van der Waals surface area contributed by atoms with Gasteiger partial charge in [-0.1, -0.05) is 17.7 Å². The highest BCUT2D eigenvalue weighted by molar-refractivity contribution is 7.92. The van der Waals surface area contributed by atoms with Crippen molar-refractivity contribution in [3.8, 4) is 11.5 Å². The van der Waals surface area contributed by atoms with Gasteiger partial charge in [0.15, 0.2) is 0 Å². The highest BCUT2D eigenvalue weighted by atomic mass is 32.2. The molecule has 0 saturated carbocycles. The summed E-state index contributed by atoms with van der Waals surface area (Å²) in [7, 11) is -3.82. The molecule has 1 aliphatic rings. The van der Waals surface area contributed by atoms with Crippen LogP contribution in [0.2, 0.25) is 0 Å². The number of aliphatic hydroxyl groups is 1. The van der Waals surface area contributed by atoms with Crippen LogP contribution in [0.4, 0.5) is 5.69 Å². The molecule has 0 aliphatic carbocycles. The summed E-state index contributed by atoms with van der Waals surface area (Å²) in [5.74, 6) is -0.521. The molecule has 1 heterocycles.